The van der Waals surface area contributed by atoms with E-state index in [0.29, 0.717) is 5.75 Å². The lowest BCUT2D eigenvalue weighted by molar-refractivity contribution is 0.334. The van der Waals surface area contributed by atoms with Gasteiger partial charge in [-0.3, -0.25) is 0 Å². The summed E-state index contributed by atoms with van der Waals surface area (Å²) >= 11 is 0. The lowest BCUT2D eigenvalue weighted by Crippen LogP contribution is -2.32. The molecule has 108 valence electrons. The molecule has 0 aliphatic heterocycles. The summed E-state index contributed by atoms with van der Waals surface area (Å²) in [4.78, 5) is 0. The molecule has 0 bridgehead atoms. The molecule has 1 rings (SSSR count). The molecule has 2 N–H and O–H groups in total. The van der Waals surface area contributed by atoms with Crippen molar-refractivity contribution in [1.29, 1.82) is 0 Å². The Labute approximate surface area is 115 Å². The summed E-state index contributed by atoms with van der Waals surface area (Å²) in [5.41, 5.74) is 6.73. The van der Waals surface area contributed by atoms with E-state index in [1.165, 1.54) is 0 Å². The number of sulfone groups is 1. The van der Waals surface area contributed by atoms with E-state index >= 15 is 0 Å². The zero-order valence-corrected chi connectivity index (χ0v) is 12.8. The van der Waals surface area contributed by atoms with Crippen LogP contribution in [0.15, 0.2) is 24.3 Å². The van der Waals surface area contributed by atoms with Crippen LogP contribution < -0.4 is 10.5 Å². The maximum Gasteiger partial charge on any atom is 0.158 e. The lowest BCUT2D eigenvalue weighted by atomic mass is 10.1. The van der Waals surface area contributed by atoms with Crippen molar-refractivity contribution in [3.8, 4) is 5.75 Å². The Morgan fingerprint density at radius 3 is 2.37 bits per heavy atom. The highest BCUT2D eigenvalue weighted by Gasteiger charge is 2.28. The SMILES string of the molecule is C[C@H](N)c1ccccc1OCCS(=O)(=O)C(C)(C)C. The third kappa shape index (κ3) is 4.21. The van der Waals surface area contributed by atoms with E-state index in [2.05, 4.69) is 0 Å². The van der Waals surface area contributed by atoms with Crippen LogP contribution in [-0.4, -0.2) is 25.5 Å². The smallest absolute Gasteiger partial charge is 0.158 e. The van der Waals surface area contributed by atoms with Crippen LogP contribution in [-0.2, 0) is 9.84 Å². The van der Waals surface area contributed by atoms with Crippen LogP contribution in [0.1, 0.15) is 39.3 Å². The van der Waals surface area contributed by atoms with Crippen molar-refractivity contribution in [2.24, 2.45) is 5.73 Å². The first-order valence-corrected chi connectivity index (χ1v) is 8.00. The highest BCUT2D eigenvalue weighted by atomic mass is 32.2. The maximum atomic E-state index is 12.0. The molecule has 0 heterocycles. The second kappa shape index (κ2) is 5.92. The van der Waals surface area contributed by atoms with Crippen LogP contribution in [0.3, 0.4) is 0 Å². The van der Waals surface area contributed by atoms with Gasteiger partial charge in [0.05, 0.1) is 10.5 Å². The summed E-state index contributed by atoms with van der Waals surface area (Å²) in [6.45, 7) is 7.09. The maximum absolute atomic E-state index is 12.0. The van der Waals surface area contributed by atoms with Crippen LogP contribution >= 0.6 is 0 Å². The summed E-state index contributed by atoms with van der Waals surface area (Å²) in [6, 6.07) is 7.29. The average molecular weight is 285 g/mol. The molecule has 1 atom stereocenters. The van der Waals surface area contributed by atoms with Crippen molar-refractivity contribution in [2.45, 2.75) is 38.5 Å². The number of ether oxygens (including phenoxy) is 1. The first-order chi connectivity index (χ1) is 8.65. The molecule has 0 spiro atoms. The van der Waals surface area contributed by atoms with Gasteiger partial charge in [-0.05, 0) is 33.8 Å². The van der Waals surface area contributed by atoms with Gasteiger partial charge in [0, 0.05) is 11.6 Å². The van der Waals surface area contributed by atoms with Gasteiger partial charge in [0.25, 0.3) is 0 Å². The zero-order valence-electron chi connectivity index (χ0n) is 12.0. The molecule has 0 amide bonds. The van der Waals surface area contributed by atoms with Crippen molar-refractivity contribution < 1.29 is 13.2 Å². The fraction of sp³-hybridized carbons (Fsp3) is 0.571. The number of nitrogens with two attached hydrogens (primary N) is 1. The van der Waals surface area contributed by atoms with E-state index in [1.807, 2.05) is 31.2 Å². The molecule has 0 aliphatic carbocycles. The van der Waals surface area contributed by atoms with Crippen LogP contribution in [0.25, 0.3) is 0 Å². The molecule has 0 saturated carbocycles. The van der Waals surface area contributed by atoms with Crippen LogP contribution in [0.2, 0.25) is 0 Å². The van der Waals surface area contributed by atoms with E-state index in [0.717, 1.165) is 5.56 Å². The van der Waals surface area contributed by atoms with Gasteiger partial charge in [-0.1, -0.05) is 18.2 Å². The van der Waals surface area contributed by atoms with E-state index in [4.69, 9.17) is 10.5 Å². The standard InChI is InChI=1S/C14H23NO3S/c1-11(15)12-7-5-6-8-13(12)18-9-10-19(16,17)14(2,3)4/h5-8,11H,9-10,15H2,1-4H3/t11-/m0/s1. The monoisotopic (exact) mass is 285 g/mol. The molecule has 0 radical (unpaired) electrons. The summed E-state index contributed by atoms with van der Waals surface area (Å²) in [7, 11) is -3.16. The molecule has 1 aromatic carbocycles. The Bertz CT molecular complexity index is 516. The molecule has 0 unspecified atom stereocenters. The van der Waals surface area contributed by atoms with Gasteiger partial charge in [-0.15, -0.1) is 0 Å². The normalized spacial score (nSPS) is 14.2. The minimum absolute atomic E-state index is 0.00376. The van der Waals surface area contributed by atoms with Crippen LogP contribution in [0.4, 0.5) is 0 Å². The van der Waals surface area contributed by atoms with Crippen molar-refractivity contribution >= 4 is 9.84 Å². The van der Waals surface area contributed by atoms with E-state index in [1.54, 1.807) is 20.8 Å². The Morgan fingerprint density at radius 1 is 1.26 bits per heavy atom. The predicted octanol–water partition coefficient (Wildman–Crippen LogP) is 2.30. The average Bonchev–Trinajstić information content (AvgIpc) is 2.27. The fourth-order valence-corrected chi connectivity index (χ4v) is 2.47. The second-order valence-corrected chi connectivity index (χ2v) is 8.47. The second-order valence-electron chi connectivity index (χ2n) is 5.61. The molecule has 0 aliphatic rings. The van der Waals surface area contributed by atoms with Gasteiger partial charge >= 0.3 is 0 Å². The number of hydrogen-bond acceptors (Lipinski definition) is 4. The Hall–Kier alpha value is -1.07. The van der Waals surface area contributed by atoms with Crippen molar-refractivity contribution in [2.75, 3.05) is 12.4 Å². The highest BCUT2D eigenvalue weighted by Crippen LogP contribution is 2.23. The van der Waals surface area contributed by atoms with Gasteiger partial charge in [-0.2, -0.15) is 0 Å². The highest BCUT2D eigenvalue weighted by molar-refractivity contribution is 7.92. The first kappa shape index (κ1) is 16.0. The molecule has 4 nitrogen and oxygen atoms in total. The van der Waals surface area contributed by atoms with E-state index in [-0.39, 0.29) is 18.4 Å². The number of para-hydroxylation sites is 1. The van der Waals surface area contributed by atoms with Crippen molar-refractivity contribution in [3.05, 3.63) is 29.8 Å². The number of hydrogen-bond donors (Lipinski definition) is 1. The third-order valence-electron chi connectivity index (χ3n) is 2.95. The number of benzene rings is 1. The van der Waals surface area contributed by atoms with Crippen molar-refractivity contribution in [1.82, 2.24) is 0 Å². The minimum atomic E-state index is -3.16. The number of rotatable bonds is 5. The van der Waals surface area contributed by atoms with Gasteiger partial charge in [-0.25, -0.2) is 8.42 Å². The molecule has 0 saturated heterocycles. The summed E-state index contributed by atoms with van der Waals surface area (Å²) in [5, 5.41) is 0. The molecular weight excluding hydrogens is 262 g/mol. The summed E-state index contributed by atoms with van der Waals surface area (Å²) < 4.78 is 28.7. The first-order valence-electron chi connectivity index (χ1n) is 6.35. The molecule has 1 aromatic rings. The topological polar surface area (TPSA) is 69.4 Å². The van der Waals surface area contributed by atoms with Gasteiger partial charge < -0.3 is 10.5 Å². The Balaban J connectivity index is 2.70. The Morgan fingerprint density at radius 2 is 1.84 bits per heavy atom. The van der Waals surface area contributed by atoms with Crippen molar-refractivity contribution in [3.63, 3.8) is 0 Å². The fourth-order valence-electron chi connectivity index (χ4n) is 1.56. The summed E-state index contributed by atoms with van der Waals surface area (Å²) in [5.74, 6) is 0.658. The van der Waals surface area contributed by atoms with E-state index < -0.39 is 14.6 Å². The van der Waals surface area contributed by atoms with Crippen LogP contribution in [0.5, 0.6) is 5.75 Å². The van der Waals surface area contributed by atoms with Gasteiger partial charge in [0.2, 0.25) is 0 Å². The molecule has 0 fully saturated rings. The molecule has 5 heteroatoms. The largest absolute Gasteiger partial charge is 0.492 e. The van der Waals surface area contributed by atoms with Gasteiger partial charge in [0.1, 0.15) is 12.4 Å². The quantitative estimate of drug-likeness (QED) is 0.901. The molecular formula is C14H23NO3S. The molecule has 19 heavy (non-hydrogen) atoms. The Kier molecular flexibility index (Phi) is 4.98. The van der Waals surface area contributed by atoms with E-state index in [9.17, 15) is 8.42 Å². The van der Waals surface area contributed by atoms with Gasteiger partial charge in [0.15, 0.2) is 9.84 Å². The van der Waals surface area contributed by atoms with Crippen LogP contribution in [0, 0.1) is 0 Å². The molecule has 0 aromatic heterocycles. The lowest BCUT2D eigenvalue weighted by Gasteiger charge is -2.20. The third-order valence-corrected chi connectivity index (χ3v) is 5.52. The minimum Gasteiger partial charge on any atom is -0.492 e. The predicted molar refractivity (Wildman–Crippen MR) is 78.1 cm³/mol. The summed E-state index contributed by atoms with van der Waals surface area (Å²) in [6.07, 6.45) is 0. The zero-order chi connectivity index (χ0) is 14.7.